The predicted octanol–water partition coefficient (Wildman–Crippen LogP) is 4.47. The van der Waals surface area contributed by atoms with Gasteiger partial charge in [-0.2, -0.15) is 0 Å². The smallest absolute Gasteiger partial charge is 0.257 e. The second-order valence-electron chi connectivity index (χ2n) is 8.24. The summed E-state index contributed by atoms with van der Waals surface area (Å²) < 4.78 is 13.2. The molecule has 2 heterocycles. The van der Waals surface area contributed by atoms with E-state index in [1.165, 1.54) is 28.5 Å². The number of anilines is 2. The molecule has 1 fully saturated rings. The molecule has 172 valence electrons. The number of nitrogens with zero attached hydrogens (tertiary/aromatic N) is 2. The number of allylic oxidation sites excluding steroid dienone is 2. The molecule has 2 N–H and O–H groups in total. The van der Waals surface area contributed by atoms with Crippen molar-refractivity contribution in [1.29, 1.82) is 0 Å². The first-order valence-corrected chi connectivity index (χ1v) is 11.7. The van der Waals surface area contributed by atoms with Crippen LogP contribution in [-0.4, -0.2) is 22.7 Å². The molecule has 5 rings (SSSR count). The van der Waals surface area contributed by atoms with Crippen LogP contribution in [0.1, 0.15) is 28.1 Å². The zero-order valence-corrected chi connectivity index (χ0v) is 19.1. The SMILES string of the molecule is Cc1sc(NC(=O)c2cccc(N3NC(=O)C4CC=CCC4C3=O)c2)nc1-c1ccc(F)cc1. The van der Waals surface area contributed by atoms with Crippen LogP contribution in [0.5, 0.6) is 0 Å². The quantitative estimate of drug-likeness (QED) is 0.544. The lowest BCUT2D eigenvalue weighted by Crippen LogP contribution is -2.59. The maximum atomic E-state index is 13.2. The number of aryl methyl sites for hydroxylation is 1. The molecule has 0 saturated carbocycles. The Morgan fingerprint density at radius 3 is 2.62 bits per heavy atom. The van der Waals surface area contributed by atoms with Gasteiger partial charge in [0.25, 0.3) is 5.91 Å². The number of carbonyl (C=O) groups is 3. The molecule has 1 aliphatic heterocycles. The number of benzene rings is 2. The van der Waals surface area contributed by atoms with E-state index in [0.717, 1.165) is 10.4 Å². The van der Waals surface area contributed by atoms with E-state index in [4.69, 9.17) is 0 Å². The van der Waals surface area contributed by atoms with Crippen molar-refractivity contribution in [3.8, 4) is 11.3 Å². The summed E-state index contributed by atoms with van der Waals surface area (Å²) in [5.74, 6) is -1.87. The third-order valence-electron chi connectivity index (χ3n) is 6.03. The minimum atomic E-state index is -0.403. The molecule has 1 saturated heterocycles. The number of carbonyl (C=O) groups excluding carboxylic acids is 3. The molecule has 2 atom stereocenters. The third kappa shape index (κ3) is 4.10. The fourth-order valence-corrected chi connectivity index (χ4v) is 5.09. The summed E-state index contributed by atoms with van der Waals surface area (Å²) in [7, 11) is 0. The summed E-state index contributed by atoms with van der Waals surface area (Å²) in [6, 6.07) is 12.5. The van der Waals surface area contributed by atoms with Crippen molar-refractivity contribution in [2.75, 3.05) is 10.3 Å². The van der Waals surface area contributed by atoms with Gasteiger partial charge in [-0.15, -0.1) is 11.3 Å². The lowest BCUT2D eigenvalue weighted by atomic mass is 9.80. The van der Waals surface area contributed by atoms with Crippen molar-refractivity contribution in [3.05, 3.63) is 76.9 Å². The van der Waals surface area contributed by atoms with Crippen LogP contribution in [0.25, 0.3) is 11.3 Å². The number of hydrazine groups is 1. The van der Waals surface area contributed by atoms with Crippen LogP contribution in [0.2, 0.25) is 0 Å². The fraction of sp³-hybridized carbons (Fsp3) is 0.200. The number of amides is 3. The monoisotopic (exact) mass is 476 g/mol. The first kappa shape index (κ1) is 22.0. The molecule has 34 heavy (non-hydrogen) atoms. The van der Waals surface area contributed by atoms with Gasteiger partial charge in [-0.25, -0.2) is 14.4 Å². The van der Waals surface area contributed by atoms with E-state index in [2.05, 4.69) is 15.7 Å². The van der Waals surface area contributed by atoms with Crippen molar-refractivity contribution >= 4 is 39.9 Å². The summed E-state index contributed by atoms with van der Waals surface area (Å²) in [6.07, 6.45) is 4.92. The Kier molecular flexibility index (Phi) is 5.70. The average molecular weight is 477 g/mol. The minimum absolute atomic E-state index is 0.189. The van der Waals surface area contributed by atoms with Crippen molar-refractivity contribution in [3.63, 3.8) is 0 Å². The Labute approximate surface area is 199 Å². The first-order valence-electron chi connectivity index (χ1n) is 10.8. The van der Waals surface area contributed by atoms with E-state index in [1.54, 1.807) is 36.4 Å². The second kappa shape index (κ2) is 8.83. The predicted molar refractivity (Wildman–Crippen MR) is 128 cm³/mol. The zero-order valence-electron chi connectivity index (χ0n) is 18.2. The molecule has 2 unspecified atom stereocenters. The Bertz CT molecular complexity index is 1320. The van der Waals surface area contributed by atoms with Crippen LogP contribution >= 0.6 is 11.3 Å². The normalized spacial score (nSPS) is 19.5. The Hall–Kier alpha value is -3.85. The molecular weight excluding hydrogens is 455 g/mol. The highest BCUT2D eigenvalue weighted by Crippen LogP contribution is 2.33. The fourth-order valence-electron chi connectivity index (χ4n) is 4.26. The van der Waals surface area contributed by atoms with Gasteiger partial charge in [0.05, 0.1) is 23.2 Å². The van der Waals surface area contributed by atoms with Crippen LogP contribution in [0.3, 0.4) is 0 Å². The maximum absolute atomic E-state index is 13.2. The number of rotatable bonds is 4. The Morgan fingerprint density at radius 1 is 1.12 bits per heavy atom. The van der Waals surface area contributed by atoms with Gasteiger partial charge in [-0.3, -0.25) is 25.1 Å². The van der Waals surface area contributed by atoms with Gasteiger partial charge in [0.15, 0.2) is 5.13 Å². The van der Waals surface area contributed by atoms with Gasteiger partial charge in [-0.1, -0.05) is 18.2 Å². The topological polar surface area (TPSA) is 91.4 Å². The first-order chi connectivity index (χ1) is 16.4. The number of halogens is 1. The minimum Gasteiger partial charge on any atom is -0.298 e. The van der Waals surface area contributed by atoms with Gasteiger partial charge in [-0.05, 0) is 62.2 Å². The largest absolute Gasteiger partial charge is 0.298 e. The molecule has 9 heteroatoms. The molecule has 2 aromatic carbocycles. The highest BCUT2D eigenvalue weighted by Gasteiger charge is 2.42. The number of thiazole rings is 1. The number of fused-ring (bicyclic) bond motifs is 1. The van der Waals surface area contributed by atoms with E-state index in [9.17, 15) is 18.8 Å². The molecule has 0 bridgehead atoms. The summed E-state index contributed by atoms with van der Waals surface area (Å²) in [5, 5.41) is 4.43. The number of hydrogen-bond acceptors (Lipinski definition) is 5. The zero-order chi connectivity index (χ0) is 23.8. The second-order valence-corrected chi connectivity index (χ2v) is 9.44. The number of aromatic nitrogens is 1. The van der Waals surface area contributed by atoms with Crippen LogP contribution in [0.15, 0.2) is 60.7 Å². The van der Waals surface area contributed by atoms with E-state index >= 15 is 0 Å². The highest BCUT2D eigenvalue weighted by molar-refractivity contribution is 7.16. The summed E-state index contributed by atoms with van der Waals surface area (Å²) in [4.78, 5) is 43.9. The Balaban J connectivity index is 1.35. The molecular formula is C25H21FN4O3S. The molecule has 7 nitrogen and oxygen atoms in total. The molecule has 1 aliphatic carbocycles. The maximum Gasteiger partial charge on any atom is 0.257 e. The van der Waals surface area contributed by atoms with Crippen molar-refractivity contribution < 1.29 is 18.8 Å². The van der Waals surface area contributed by atoms with Crippen molar-refractivity contribution in [2.45, 2.75) is 19.8 Å². The summed E-state index contributed by atoms with van der Waals surface area (Å²) >= 11 is 1.32. The van der Waals surface area contributed by atoms with E-state index in [-0.39, 0.29) is 23.5 Å². The van der Waals surface area contributed by atoms with Crippen molar-refractivity contribution in [2.24, 2.45) is 11.8 Å². The molecule has 2 aliphatic rings. The van der Waals surface area contributed by atoms with Gasteiger partial charge < -0.3 is 0 Å². The van der Waals surface area contributed by atoms with Gasteiger partial charge in [0.1, 0.15) is 5.82 Å². The molecule has 0 radical (unpaired) electrons. The van der Waals surface area contributed by atoms with Crippen LogP contribution in [-0.2, 0) is 9.59 Å². The molecule has 3 aromatic rings. The van der Waals surface area contributed by atoms with Gasteiger partial charge in [0, 0.05) is 16.0 Å². The lowest BCUT2D eigenvalue weighted by molar-refractivity contribution is -0.139. The van der Waals surface area contributed by atoms with Crippen LogP contribution in [0, 0.1) is 24.6 Å². The molecule has 3 amide bonds. The summed E-state index contributed by atoms with van der Waals surface area (Å²) in [6.45, 7) is 1.88. The third-order valence-corrected chi connectivity index (χ3v) is 6.92. The molecule has 1 aromatic heterocycles. The van der Waals surface area contributed by atoms with E-state index in [1.807, 2.05) is 19.1 Å². The van der Waals surface area contributed by atoms with Crippen molar-refractivity contribution in [1.82, 2.24) is 10.4 Å². The van der Waals surface area contributed by atoms with E-state index in [0.29, 0.717) is 34.9 Å². The number of nitrogens with one attached hydrogen (secondary N) is 2. The van der Waals surface area contributed by atoms with Gasteiger partial charge >= 0.3 is 0 Å². The van der Waals surface area contributed by atoms with E-state index < -0.39 is 11.8 Å². The average Bonchev–Trinajstić information content (AvgIpc) is 3.21. The van der Waals surface area contributed by atoms with Crippen LogP contribution < -0.4 is 15.8 Å². The number of hydrogen-bond donors (Lipinski definition) is 2. The van der Waals surface area contributed by atoms with Gasteiger partial charge in [0.2, 0.25) is 11.8 Å². The highest BCUT2D eigenvalue weighted by atomic mass is 32.1. The molecule has 0 spiro atoms. The van der Waals surface area contributed by atoms with Crippen LogP contribution in [0.4, 0.5) is 15.2 Å². The summed E-state index contributed by atoms with van der Waals surface area (Å²) in [5.41, 5.74) is 4.84. The lowest BCUT2D eigenvalue weighted by Gasteiger charge is -2.38. The Morgan fingerprint density at radius 2 is 1.85 bits per heavy atom. The standard InChI is InChI=1S/C25H21FN4O3S/c1-14-21(15-9-11-17(26)12-10-15)27-25(34-14)28-22(31)16-5-4-6-18(13-16)30-24(33)20-8-3-2-7-19(20)23(32)29-30/h2-6,9-13,19-20H,7-8H2,1H3,(H,29,32)(H,27,28,31).